The fourth-order valence-electron chi connectivity index (χ4n) is 2.94. The van der Waals surface area contributed by atoms with Crippen LogP contribution in [0.15, 0.2) is 11.8 Å². The Hall–Kier alpha value is -0.630. The maximum Gasteiger partial charge on any atom is 0.362 e. The van der Waals surface area contributed by atoms with Crippen molar-refractivity contribution in [3.8, 4) is 0 Å². The Kier molecular flexibility index (Phi) is 3.56. The summed E-state index contributed by atoms with van der Waals surface area (Å²) in [5, 5.41) is 0. The second-order valence-electron chi connectivity index (χ2n) is 5.41. The van der Waals surface area contributed by atoms with Gasteiger partial charge in [-0.05, 0) is 31.8 Å². The highest BCUT2D eigenvalue weighted by atomic mass is 32.2. The van der Waals surface area contributed by atoms with Crippen molar-refractivity contribution >= 4 is 10.3 Å². The second-order valence-corrected chi connectivity index (χ2v) is 6.89. The average Bonchev–Trinajstić information content (AvgIpc) is 3.00. The summed E-state index contributed by atoms with van der Waals surface area (Å²) in [7, 11) is -3.59. The fraction of sp³-hybridized carbons (Fsp3) is 0.846. The molecule has 3 aliphatic heterocycles. The van der Waals surface area contributed by atoms with Crippen LogP contribution >= 0.6 is 0 Å². The van der Waals surface area contributed by atoms with E-state index in [0.29, 0.717) is 6.61 Å². The van der Waals surface area contributed by atoms with Crippen LogP contribution in [0.2, 0.25) is 0 Å². The Bertz CT molecular complexity index is 511. The summed E-state index contributed by atoms with van der Waals surface area (Å²) in [5.41, 5.74) is 0.793. The van der Waals surface area contributed by atoms with Gasteiger partial charge in [0.25, 0.3) is 0 Å². The van der Waals surface area contributed by atoms with Crippen LogP contribution in [0, 0.1) is 0 Å². The van der Waals surface area contributed by atoms with Gasteiger partial charge in [-0.2, -0.15) is 8.42 Å². The first-order chi connectivity index (χ1) is 9.51. The Morgan fingerprint density at radius 1 is 1.40 bits per heavy atom. The van der Waals surface area contributed by atoms with Crippen molar-refractivity contribution in [1.29, 1.82) is 0 Å². The van der Waals surface area contributed by atoms with Gasteiger partial charge in [0.05, 0.1) is 25.0 Å². The van der Waals surface area contributed by atoms with Gasteiger partial charge >= 0.3 is 10.3 Å². The third-order valence-electron chi connectivity index (χ3n) is 4.22. The summed E-state index contributed by atoms with van der Waals surface area (Å²) in [5.74, 6) is -0.511. The molecule has 114 valence electrons. The van der Waals surface area contributed by atoms with Crippen LogP contribution in [0.4, 0.5) is 0 Å². The van der Waals surface area contributed by atoms with Crippen molar-refractivity contribution in [1.82, 2.24) is 4.31 Å². The van der Waals surface area contributed by atoms with Crippen molar-refractivity contribution < 1.29 is 22.1 Å². The molecule has 0 N–H and O–H groups in total. The van der Waals surface area contributed by atoms with E-state index in [0.717, 1.165) is 31.4 Å². The van der Waals surface area contributed by atoms with Gasteiger partial charge in [-0.25, -0.2) is 4.31 Å². The Morgan fingerprint density at radius 2 is 2.15 bits per heavy atom. The number of fused-ring (bicyclic) bond motifs is 1. The molecule has 6 nitrogen and oxygen atoms in total. The quantitative estimate of drug-likeness (QED) is 0.740. The van der Waals surface area contributed by atoms with Gasteiger partial charge in [0.1, 0.15) is 6.10 Å². The lowest BCUT2D eigenvalue weighted by Crippen LogP contribution is -2.28. The SMILES string of the molecule is CCC1(CC)OC[C@H](/C=C2\[C@H]3CCCOS(=O)(=O)N23)O1. The van der Waals surface area contributed by atoms with Gasteiger partial charge < -0.3 is 9.47 Å². The van der Waals surface area contributed by atoms with Crippen LogP contribution < -0.4 is 0 Å². The molecule has 3 saturated heterocycles. The summed E-state index contributed by atoms with van der Waals surface area (Å²) in [6.45, 7) is 4.82. The van der Waals surface area contributed by atoms with Crippen LogP contribution in [0.3, 0.4) is 0 Å². The van der Waals surface area contributed by atoms with Crippen molar-refractivity contribution in [2.75, 3.05) is 13.2 Å². The van der Waals surface area contributed by atoms with Crippen LogP contribution in [0.1, 0.15) is 39.5 Å². The zero-order chi connectivity index (χ0) is 14.4. The molecular formula is C13H21NO5S. The molecule has 3 rings (SSSR count). The summed E-state index contributed by atoms with van der Waals surface area (Å²) in [6.07, 6.45) is 4.85. The van der Waals surface area contributed by atoms with E-state index in [1.54, 1.807) is 0 Å². The predicted octanol–water partition coefficient (Wildman–Crippen LogP) is 1.54. The molecule has 0 spiro atoms. The molecule has 0 aromatic rings. The van der Waals surface area contributed by atoms with Crippen LogP contribution in [0.25, 0.3) is 0 Å². The van der Waals surface area contributed by atoms with Gasteiger partial charge in [0.15, 0.2) is 5.79 Å². The van der Waals surface area contributed by atoms with Crippen molar-refractivity contribution in [3.63, 3.8) is 0 Å². The van der Waals surface area contributed by atoms with Gasteiger partial charge in [-0.3, -0.25) is 4.18 Å². The smallest absolute Gasteiger partial charge is 0.347 e. The molecule has 0 amide bonds. The van der Waals surface area contributed by atoms with E-state index in [-0.39, 0.29) is 18.8 Å². The molecule has 0 aromatic heterocycles. The highest BCUT2D eigenvalue weighted by Gasteiger charge is 2.52. The summed E-state index contributed by atoms with van der Waals surface area (Å²) < 4.78 is 41.7. The number of hydrogen-bond acceptors (Lipinski definition) is 5. The normalized spacial score (nSPS) is 36.7. The zero-order valence-electron chi connectivity index (χ0n) is 11.9. The third kappa shape index (κ3) is 2.36. The minimum absolute atomic E-state index is 0.0376. The molecule has 0 radical (unpaired) electrons. The van der Waals surface area contributed by atoms with Gasteiger partial charge in [-0.1, -0.05) is 13.8 Å². The molecule has 3 aliphatic rings. The van der Waals surface area contributed by atoms with Crippen LogP contribution in [0.5, 0.6) is 0 Å². The Balaban J connectivity index is 1.73. The average molecular weight is 303 g/mol. The van der Waals surface area contributed by atoms with E-state index in [9.17, 15) is 8.42 Å². The van der Waals surface area contributed by atoms with E-state index in [4.69, 9.17) is 13.7 Å². The highest BCUT2D eigenvalue weighted by molar-refractivity contribution is 7.84. The van der Waals surface area contributed by atoms with E-state index in [1.165, 1.54) is 4.31 Å². The maximum absolute atomic E-state index is 11.9. The van der Waals surface area contributed by atoms with Crippen molar-refractivity contribution in [2.45, 2.75) is 57.5 Å². The largest absolute Gasteiger partial charge is 0.362 e. The number of hydrogen-bond donors (Lipinski definition) is 0. The highest BCUT2D eigenvalue weighted by Crippen LogP contribution is 2.43. The minimum Gasteiger partial charge on any atom is -0.347 e. The fourth-order valence-corrected chi connectivity index (χ4v) is 4.30. The summed E-state index contributed by atoms with van der Waals surface area (Å²) in [4.78, 5) is 0. The lowest BCUT2D eigenvalue weighted by Gasteiger charge is -2.24. The molecule has 0 unspecified atom stereocenters. The van der Waals surface area contributed by atoms with Crippen LogP contribution in [-0.4, -0.2) is 43.9 Å². The third-order valence-corrected chi connectivity index (χ3v) is 5.63. The van der Waals surface area contributed by atoms with E-state index in [1.807, 2.05) is 19.9 Å². The topological polar surface area (TPSA) is 64.8 Å². The summed E-state index contributed by atoms with van der Waals surface area (Å²) >= 11 is 0. The van der Waals surface area contributed by atoms with Gasteiger partial charge in [0, 0.05) is 0 Å². The molecular weight excluding hydrogens is 282 g/mol. The number of nitrogens with zero attached hydrogens (tertiary/aromatic N) is 1. The molecule has 0 saturated carbocycles. The summed E-state index contributed by atoms with van der Waals surface area (Å²) in [6, 6.07) is -0.0376. The number of rotatable bonds is 3. The van der Waals surface area contributed by atoms with Crippen molar-refractivity contribution in [2.24, 2.45) is 0 Å². The predicted molar refractivity (Wildman–Crippen MR) is 72.0 cm³/mol. The number of ether oxygens (including phenoxy) is 2. The molecule has 0 aliphatic carbocycles. The molecule has 2 atom stereocenters. The molecule has 20 heavy (non-hydrogen) atoms. The standard InChI is InChI=1S/C13H21NO5S/c1-3-13(4-2)17-9-10(19-13)8-12-11-6-5-7-18-20(15,16)14(11)12/h8,10-11H,3-7,9H2,1-2H3/b12-8+/t10-,11+,14?/m0/s1. The molecule has 3 heterocycles. The van der Waals surface area contributed by atoms with E-state index < -0.39 is 16.1 Å². The minimum atomic E-state index is -3.59. The van der Waals surface area contributed by atoms with Crippen LogP contribution in [-0.2, 0) is 24.0 Å². The Morgan fingerprint density at radius 3 is 2.80 bits per heavy atom. The second kappa shape index (κ2) is 4.98. The van der Waals surface area contributed by atoms with E-state index in [2.05, 4.69) is 0 Å². The van der Waals surface area contributed by atoms with Gasteiger partial charge in [-0.15, -0.1) is 0 Å². The first kappa shape index (κ1) is 14.3. The monoisotopic (exact) mass is 303 g/mol. The van der Waals surface area contributed by atoms with E-state index >= 15 is 0 Å². The Labute approximate surface area is 119 Å². The molecule has 0 aromatic carbocycles. The lowest BCUT2D eigenvalue weighted by molar-refractivity contribution is -0.167. The van der Waals surface area contributed by atoms with Crippen molar-refractivity contribution in [3.05, 3.63) is 11.8 Å². The first-order valence-corrected chi connectivity index (χ1v) is 8.60. The lowest BCUT2D eigenvalue weighted by atomic mass is 10.1. The zero-order valence-corrected chi connectivity index (χ0v) is 12.7. The molecule has 0 bridgehead atoms. The molecule has 3 fully saturated rings. The maximum atomic E-state index is 11.9. The van der Waals surface area contributed by atoms with Gasteiger partial charge in [0.2, 0.25) is 0 Å². The molecule has 7 heteroatoms. The first-order valence-electron chi connectivity index (χ1n) is 7.23.